The van der Waals surface area contributed by atoms with Crippen LogP contribution in [0.1, 0.15) is 41.5 Å². The Morgan fingerprint density at radius 1 is 0.974 bits per heavy atom. The number of aromatic nitrogens is 3. The maximum atomic E-state index is 13.6. The van der Waals surface area contributed by atoms with Crippen LogP contribution in [0, 0.1) is 0 Å². The first-order chi connectivity index (χ1) is 17.4. The number of rotatable bonds is 4. The normalized spacial score (nSPS) is 12.2. The smallest absolute Gasteiger partial charge is 0.424 e. The SMILES string of the molecule is COc1ccccc1-n1c(=O)cc(N(C(=O)OC(C)(C)C)C(=O)OC(C)(C)C)c2cnc(S(C)(=O)=O)nc21. The molecule has 2 amide bonds. The van der Waals surface area contributed by atoms with Gasteiger partial charge < -0.3 is 14.2 Å². The fourth-order valence-electron chi connectivity index (χ4n) is 3.37. The quantitative estimate of drug-likeness (QED) is 0.442. The maximum absolute atomic E-state index is 13.6. The summed E-state index contributed by atoms with van der Waals surface area (Å²) in [6, 6.07) is 7.53. The molecule has 0 saturated heterocycles. The summed E-state index contributed by atoms with van der Waals surface area (Å²) in [5.41, 5.74) is -2.94. The number of methoxy groups -OCH3 is 1. The molecule has 1 aromatic carbocycles. The molecule has 0 aliphatic carbocycles. The summed E-state index contributed by atoms with van der Waals surface area (Å²) in [5.74, 6) is 0.291. The van der Waals surface area contributed by atoms with Crippen LogP contribution < -0.4 is 15.2 Å². The minimum Gasteiger partial charge on any atom is -0.495 e. The fraction of sp³-hybridized carbons (Fsp3) is 0.400. The number of carbonyl (C=O) groups excluding carboxylic acids is 2. The number of pyridine rings is 1. The first kappa shape index (κ1) is 28.6. The molecule has 0 aliphatic rings. The Balaban J connectivity index is 2.45. The zero-order chi connectivity index (χ0) is 28.6. The van der Waals surface area contributed by atoms with E-state index in [9.17, 15) is 22.8 Å². The molecule has 0 fully saturated rings. The second-order valence-electron chi connectivity index (χ2n) is 10.3. The van der Waals surface area contributed by atoms with Crippen molar-refractivity contribution in [3.63, 3.8) is 0 Å². The molecule has 0 saturated carbocycles. The number of anilines is 1. The summed E-state index contributed by atoms with van der Waals surface area (Å²) in [6.45, 7) is 9.65. The van der Waals surface area contributed by atoms with Gasteiger partial charge in [0.15, 0.2) is 5.65 Å². The van der Waals surface area contributed by atoms with Gasteiger partial charge in [-0.15, -0.1) is 0 Å². The van der Waals surface area contributed by atoms with Gasteiger partial charge in [-0.1, -0.05) is 12.1 Å². The molecular weight excluding hydrogens is 516 g/mol. The molecule has 0 atom stereocenters. The molecule has 2 aromatic heterocycles. The third-order valence-electron chi connectivity index (χ3n) is 4.77. The van der Waals surface area contributed by atoms with Gasteiger partial charge in [0.25, 0.3) is 5.56 Å². The number of ether oxygens (including phenoxy) is 3. The van der Waals surface area contributed by atoms with Crippen molar-refractivity contribution >= 4 is 38.7 Å². The zero-order valence-corrected chi connectivity index (χ0v) is 23.2. The zero-order valence-electron chi connectivity index (χ0n) is 22.4. The Bertz CT molecular complexity index is 1540. The lowest BCUT2D eigenvalue weighted by Crippen LogP contribution is -2.44. The number of hydrogen-bond acceptors (Lipinski definition) is 10. The van der Waals surface area contributed by atoms with Gasteiger partial charge in [0.1, 0.15) is 17.0 Å². The van der Waals surface area contributed by atoms with Gasteiger partial charge in [0.05, 0.1) is 23.9 Å². The first-order valence-corrected chi connectivity index (χ1v) is 13.3. The Kier molecular flexibility index (Phi) is 7.55. The summed E-state index contributed by atoms with van der Waals surface area (Å²) in [7, 11) is -2.49. The molecule has 0 bridgehead atoms. The number of benzene rings is 1. The molecule has 3 rings (SSSR count). The molecule has 12 nitrogen and oxygen atoms in total. The van der Waals surface area contributed by atoms with Gasteiger partial charge in [-0.2, -0.15) is 9.88 Å². The van der Waals surface area contributed by atoms with Crippen LogP contribution in [0.15, 0.2) is 46.5 Å². The average molecular weight is 547 g/mol. The third kappa shape index (κ3) is 6.28. The van der Waals surface area contributed by atoms with Crippen molar-refractivity contribution in [3.8, 4) is 11.4 Å². The second-order valence-corrected chi connectivity index (χ2v) is 12.2. The summed E-state index contributed by atoms with van der Waals surface area (Å²) in [4.78, 5) is 48.7. The van der Waals surface area contributed by atoms with Crippen LogP contribution in [0.4, 0.5) is 15.3 Å². The molecule has 38 heavy (non-hydrogen) atoms. The van der Waals surface area contributed by atoms with Crippen LogP contribution in [0.3, 0.4) is 0 Å². The van der Waals surface area contributed by atoms with E-state index in [2.05, 4.69) is 9.97 Å². The highest BCUT2D eigenvalue weighted by molar-refractivity contribution is 7.90. The van der Waals surface area contributed by atoms with E-state index in [1.807, 2.05) is 0 Å². The van der Waals surface area contributed by atoms with Crippen LogP contribution in [-0.2, 0) is 19.3 Å². The molecule has 0 N–H and O–H groups in total. The molecule has 0 unspecified atom stereocenters. The van der Waals surface area contributed by atoms with Crippen molar-refractivity contribution in [1.29, 1.82) is 0 Å². The lowest BCUT2D eigenvalue weighted by molar-refractivity contribution is 0.0431. The largest absolute Gasteiger partial charge is 0.495 e. The predicted molar refractivity (Wildman–Crippen MR) is 140 cm³/mol. The lowest BCUT2D eigenvalue weighted by atomic mass is 10.2. The van der Waals surface area contributed by atoms with Gasteiger partial charge in [0, 0.05) is 18.5 Å². The van der Waals surface area contributed by atoms with E-state index < -0.39 is 43.9 Å². The number of carbonyl (C=O) groups is 2. The highest BCUT2D eigenvalue weighted by atomic mass is 32.2. The van der Waals surface area contributed by atoms with E-state index in [4.69, 9.17) is 14.2 Å². The molecule has 0 radical (unpaired) electrons. The number of sulfone groups is 1. The van der Waals surface area contributed by atoms with E-state index in [-0.39, 0.29) is 22.4 Å². The van der Waals surface area contributed by atoms with E-state index in [0.29, 0.717) is 10.6 Å². The molecule has 3 aromatic rings. The van der Waals surface area contributed by atoms with Gasteiger partial charge in [-0.25, -0.2) is 23.0 Å². The number of nitrogens with zero attached hydrogens (tertiary/aromatic N) is 4. The average Bonchev–Trinajstić information content (AvgIpc) is 2.76. The summed E-state index contributed by atoms with van der Waals surface area (Å²) in [5, 5.41) is -0.564. The van der Waals surface area contributed by atoms with Crippen molar-refractivity contribution in [2.75, 3.05) is 18.3 Å². The van der Waals surface area contributed by atoms with Crippen LogP contribution >= 0.6 is 0 Å². The Hall–Kier alpha value is -4.00. The molecular formula is C25H30N4O8S. The topological polar surface area (TPSA) is 147 Å². The van der Waals surface area contributed by atoms with Crippen LogP contribution in [0.2, 0.25) is 0 Å². The molecule has 13 heteroatoms. The molecule has 2 heterocycles. The Morgan fingerprint density at radius 2 is 1.53 bits per heavy atom. The molecule has 0 aliphatic heterocycles. The summed E-state index contributed by atoms with van der Waals surface area (Å²) < 4.78 is 41.9. The van der Waals surface area contributed by atoms with E-state index >= 15 is 0 Å². The van der Waals surface area contributed by atoms with E-state index in [1.165, 1.54) is 7.11 Å². The number of imide groups is 1. The summed E-state index contributed by atoms with van der Waals surface area (Å²) in [6.07, 6.45) is -0.206. The Labute approximate surface area is 220 Å². The number of hydrogen-bond donors (Lipinski definition) is 0. The Morgan fingerprint density at radius 3 is 2.03 bits per heavy atom. The van der Waals surface area contributed by atoms with Crippen LogP contribution in [0.5, 0.6) is 5.75 Å². The monoisotopic (exact) mass is 546 g/mol. The number of para-hydroxylation sites is 2. The minimum atomic E-state index is -3.90. The van der Waals surface area contributed by atoms with Crippen molar-refractivity contribution in [1.82, 2.24) is 14.5 Å². The van der Waals surface area contributed by atoms with Gasteiger partial charge in [0.2, 0.25) is 15.0 Å². The van der Waals surface area contributed by atoms with Crippen molar-refractivity contribution in [2.24, 2.45) is 0 Å². The van der Waals surface area contributed by atoms with Gasteiger partial charge in [-0.05, 0) is 53.7 Å². The van der Waals surface area contributed by atoms with Crippen LogP contribution in [-0.4, -0.2) is 59.7 Å². The highest BCUT2D eigenvalue weighted by Crippen LogP contribution is 2.31. The third-order valence-corrected chi connectivity index (χ3v) is 5.63. The van der Waals surface area contributed by atoms with Crippen LogP contribution in [0.25, 0.3) is 16.7 Å². The highest BCUT2D eigenvalue weighted by Gasteiger charge is 2.35. The number of fused-ring (bicyclic) bond motifs is 1. The lowest BCUT2D eigenvalue weighted by Gasteiger charge is -2.29. The standard InChI is InChI=1S/C25H30N4O8S/c1-24(2,3)36-22(31)29(23(32)37-25(4,5)6)17-13-19(30)28(16-11-9-10-12-18(16)35-7)20-15(17)14-26-21(27-20)38(8,33)34/h9-14H,1-8H3. The van der Waals surface area contributed by atoms with E-state index in [1.54, 1.807) is 65.8 Å². The maximum Gasteiger partial charge on any atom is 0.424 e. The van der Waals surface area contributed by atoms with Gasteiger partial charge >= 0.3 is 12.2 Å². The van der Waals surface area contributed by atoms with Crippen molar-refractivity contribution in [3.05, 3.63) is 46.9 Å². The molecule has 0 spiro atoms. The summed E-state index contributed by atoms with van der Waals surface area (Å²) >= 11 is 0. The minimum absolute atomic E-state index is 0.000348. The van der Waals surface area contributed by atoms with E-state index in [0.717, 1.165) is 23.1 Å². The van der Waals surface area contributed by atoms with Gasteiger partial charge in [-0.3, -0.25) is 9.36 Å². The van der Waals surface area contributed by atoms with Crippen molar-refractivity contribution < 1.29 is 32.2 Å². The number of amides is 2. The second kappa shape index (κ2) is 10.0. The first-order valence-electron chi connectivity index (χ1n) is 11.5. The van der Waals surface area contributed by atoms with Crippen molar-refractivity contribution in [2.45, 2.75) is 57.9 Å². The fourth-order valence-corrected chi connectivity index (χ4v) is 3.87. The molecule has 204 valence electrons. The predicted octanol–water partition coefficient (Wildman–Crippen LogP) is 3.87.